The number of nitrogens with zero attached hydrogens (tertiary/aromatic N) is 1. The van der Waals surface area contributed by atoms with Crippen LogP contribution in [0.25, 0.3) is 5.70 Å². The van der Waals surface area contributed by atoms with Crippen LogP contribution >= 0.6 is 23.4 Å². The summed E-state index contributed by atoms with van der Waals surface area (Å²) in [5, 5.41) is 19.0. The Hall–Kier alpha value is -2.68. The van der Waals surface area contributed by atoms with Crippen LogP contribution in [0.15, 0.2) is 47.9 Å². The van der Waals surface area contributed by atoms with E-state index in [2.05, 4.69) is 16.1 Å². The molecule has 7 nitrogen and oxygen atoms in total. The fourth-order valence-corrected chi connectivity index (χ4v) is 3.45. The highest BCUT2D eigenvalue weighted by Gasteiger charge is 2.22. The van der Waals surface area contributed by atoms with Gasteiger partial charge < -0.3 is 15.7 Å². The second kappa shape index (κ2) is 9.01. The fourth-order valence-electron chi connectivity index (χ4n) is 2.64. The molecule has 0 atom stereocenters. The van der Waals surface area contributed by atoms with Crippen molar-refractivity contribution in [2.75, 3.05) is 18.9 Å². The topological polar surface area (TPSA) is 93.7 Å². The molecule has 3 rings (SSSR count). The predicted octanol–water partition coefficient (Wildman–Crippen LogP) is 3.38. The zero-order valence-corrected chi connectivity index (χ0v) is 16.6. The van der Waals surface area contributed by atoms with Crippen molar-refractivity contribution in [2.45, 2.75) is 6.54 Å². The van der Waals surface area contributed by atoms with Gasteiger partial charge in [0.2, 0.25) is 5.91 Å². The first kappa shape index (κ1) is 20.1. The number of phenols is 1. The molecule has 0 fully saturated rings. The van der Waals surface area contributed by atoms with Crippen molar-refractivity contribution in [1.82, 2.24) is 15.8 Å². The van der Waals surface area contributed by atoms with Crippen LogP contribution in [0.1, 0.15) is 11.1 Å². The summed E-state index contributed by atoms with van der Waals surface area (Å²) < 4.78 is 0. The Morgan fingerprint density at radius 1 is 1.29 bits per heavy atom. The van der Waals surface area contributed by atoms with E-state index in [0.29, 0.717) is 22.0 Å². The zero-order chi connectivity index (χ0) is 20.1. The number of anilines is 1. The molecule has 0 saturated heterocycles. The molecule has 0 aliphatic carbocycles. The molecule has 0 spiro atoms. The third kappa shape index (κ3) is 4.98. The fraction of sp³-hybridized carbons (Fsp3) is 0.158. The van der Waals surface area contributed by atoms with Gasteiger partial charge in [-0.05, 0) is 54.7 Å². The average Bonchev–Trinajstić information content (AvgIpc) is 2.66. The molecule has 146 valence electrons. The summed E-state index contributed by atoms with van der Waals surface area (Å²) in [6.45, 7) is 0.491. The Morgan fingerprint density at radius 2 is 2.11 bits per heavy atom. The Bertz CT molecular complexity index is 935. The molecule has 1 heterocycles. The van der Waals surface area contributed by atoms with Crippen LogP contribution in [0.3, 0.4) is 0 Å². The Morgan fingerprint density at radius 3 is 2.89 bits per heavy atom. The minimum atomic E-state index is -0.185. The number of rotatable bonds is 6. The van der Waals surface area contributed by atoms with Crippen molar-refractivity contribution in [1.29, 1.82) is 0 Å². The van der Waals surface area contributed by atoms with E-state index >= 15 is 0 Å². The quantitative estimate of drug-likeness (QED) is 0.574. The van der Waals surface area contributed by atoms with Crippen molar-refractivity contribution in [2.24, 2.45) is 0 Å². The first-order valence-corrected chi connectivity index (χ1v) is 9.69. The van der Waals surface area contributed by atoms with Gasteiger partial charge in [-0.2, -0.15) is 0 Å². The van der Waals surface area contributed by atoms with Crippen molar-refractivity contribution in [3.8, 4) is 5.75 Å². The number of halogens is 1. The van der Waals surface area contributed by atoms with Crippen LogP contribution < -0.4 is 16.1 Å². The van der Waals surface area contributed by atoms with Crippen LogP contribution in [0.5, 0.6) is 5.75 Å². The van der Waals surface area contributed by atoms with Gasteiger partial charge in [0, 0.05) is 21.7 Å². The number of carbonyl (C=O) groups is 2. The molecular formula is C19H19ClN4O3S. The van der Waals surface area contributed by atoms with E-state index in [-0.39, 0.29) is 30.0 Å². The van der Waals surface area contributed by atoms with E-state index in [1.165, 1.54) is 11.1 Å². The van der Waals surface area contributed by atoms with Gasteiger partial charge >= 0.3 is 5.24 Å². The smallest absolute Gasteiger partial charge is 0.304 e. The van der Waals surface area contributed by atoms with E-state index in [1.54, 1.807) is 30.7 Å². The second-order valence-electron chi connectivity index (χ2n) is 6.05. The molecule has 1 aliphatic rings. The van der Waals surface area contributed by atoms with Crippen molar-refractivity contribution in [3.05, 3.63) is 64.0 Å². The number of likely N-dealkylation sites (N-methyl/N-ethyl adjacent to an activating group) is 1. The molecule has 0 radical (unpaired) electrons. The molecular weight excluding hydrogens is 400 g/mol. The number of hydrogen-bond donors (Lipinski definition) is 4. The lowest BCUT2D eigenvalue weighted by Gasteiger charge is -2.29. The highest BCUT2D eigenvalue weighted by Crippen LogP contribution is 2.32. The lowest BCUT2D eigenvalue weighted by molar-refractivity contribution is -0.115. The molecule has 0 bridgehead atoms. The molecule has 2 aromatic rings. The van der Waals surface area contributed by atoms with Crippen molar-refractivity contribution >= 4 is 45.9 Å². The molecule has 2 amide bonds. The Kier molecular flexibility index (Phi) is 6.45. The maximum Gasteiger partial charge on any atom is 0.304 e. The van der Waals surface area contributed by atoms with Crippen LogP contribution in [0.4, 0.5) is 10.5 Å². The van der Waals surface area contributed by atoms with Gasteiger partial charge in [0.15, 0.2) is 0 Å². The van der Waals surface area contributed by atoms with Crippen LogP contribution in [-0.2, 0) is 11.3 Å². The lowest BCUT2D eigenvalue weighted by atomic mass is 10.1. The summed E-state index contributed by atoms with van der Waals surface area (Å²) in [6.07, 6.45) is 0. The van der Waals surface area contributed by atoms with Crippen LogP contribution in [0, 0.1) is 0 Å². The second-order valence-corrected chi connectivity index (χ2v) is 7.31. The number of phenolic OH excluding ortho intramolecular Hbond substituents is 1. The number of carbonyl (C=O) groups excluding carboxylic acids is 2. The largest absolute Gasteiger partial charge is 0.507 e. The van der Waals surface area contributed by atoms with Gasteiger partial charge in [-0.1, -0.05) is 23.7 Å². The predicted molar refractivity (Wildman–Crippen MR) is 112 cm³/mol. The SMILES string of the molecule is CNCC(=O)Nc1cccc(CN2NC(c3cc(Cl)ccc3O)=CSC2=O)c1. The lowest BCUT2D eigenvalue weighted by Crippen LogP contribution is -2.41. The summed E-state index contributed by atoms with van der Waals surface area (Å²) in [5.41, 5.74) is 5.59. The van der Waals surface area contributed by atoms with E-state index in [4.69, 9.17) is 11.6 Å². The normalized spacial score (nSPS) is 13.7. The number of thioether (sulfide) groups is 1. The highest BCUT2D eigenvalue weighted by molar-refractivity contribution is 8.16. The van der Waals surface area contributed by atoms with Crippen LogP contribution in [-0.4, -0.2) is 34.9 Å². The molecule has 0 unspecified atom stereocenters. The van der Waals surface area contributed by atoms with E-state index in [9.17, 15) is 14.7 Å². The number of amides is 2. The minimum absolute atomic E-state index is 0.0623. The van der Waals surface area contributed by atoms with E-state index < -0.39 is 0 Å². The third-order valence-electron chi connectivity index (χ3n) is 3.89. The third-order valence-corrected chi connectivity index (χ3v) is 4.90. The average molecular weight is 419 g/mol. The first-order valence-electron chi connectivity index (χ1n) is 8.43. The van der Waals surface area contributed by atoms with Gasteiger partial charge in [0.05, 0.1) is 18.8 Å². The minimum Gasteiger partial charge on any atom is -0.507 e. The number of benzene rings is 2. The highest BCUT2D eigenvalue weighted by atomic mass is 35.5. The summed E-state index contributed by atoms with van der Waals surface area (Å²) in [5.74, 6) is -0.0867. The molecule has 9 heteroatoms. The number of hydrogen-bond acceptors (Lipinski definition) is 6. The first-order chi connectivity index (χ1) is 13.5. The van der Waals surface area contributed by atoms with E-state index in [1.807, 2.05) is 18.2 Å². The summed E-state index contributed by atoms with van der Waals surface area (Å²) in [7, 11) is 1.70. The Labute approximate surface area is 171 Å². The Balaban J connectivity index is 1.74. The number of hydrazine groups is 1. The van der Waals surface area contributed by atoms with Crippen molar-refractivity contribution < 1.29 is 14.7 Å². The molecule has 2 aromatic carbocycles. The van der Waals surface area contributed by atoms with Crippen molar-refractivity contribution in [3.63, 3.8) is 0 Å². The summed E-state index contributed by atoms with van der Waals surface area (Å²) in [4.78, 5) is 24.0. The molecule has 4 N–H and O–H groups in total. The number of nitrogens with one attached hydrogen (secondary N) is 3. The standard InChI is InChI=1S/C19H19ClN4O3S/c1-21-9-18(26)22-14-4-2-3-12(7-14)10-24-19(27)28-11-16(23-24)15-8-13(20)5-6-17(15)25/h2-8,11,21,23,25H,9-10H2,1H3,(H,22,26). The number of aromatic hydroxyl groups is 1. The van der Waals surface area contributed by atoms with Gasteiger partial charge in [-0.3, -0.25) is 15.0 Å². The summed E-state index contributed by atoms with van der Waals surface area (Å²) in [6, 6.07) is 12.0. The molecule has 1 aliphatic heterocycles. The summed E-state index contributed by atoms with van der Waals surface area (Å²) >= 11 is 7.03. The molecule has 28 heavy (non-hydrogen) atoms. The molecule has 0 aromatic heterocycles. The van der Waals surface area contributed by atoms with E-state index in [0.717, 1.165) is 17.3 Å². The molecule has 0 saturated carbocycles. The van der Waals surface area contributed by atoms with Crippen LogP contribution in [0.2, 0.25) is 5.02 Å². The van der Waals surface area contributed by atoms with Gasteiger partial charge in [0.25, 0.3) is 0 Å². The van der Waals surface area contributed by atoms with Gasteiger partial charge in [0.1, 0.15) is 5.75 Å². The van der Waals surface area contributed by atoms with Gasteiger partial charge in [-0.25, -0.2) is 5.01 Å². The van der Waals surface area contributed by atoms with Gasteiger partial charge in [-0.15, -0.1) is 0 Å². The zero-order valence-electron chi connectivity index (χ0n) is 15.0. The maximum absolute atomic E-state index is 12.3. The monoisotopic (exact) mass is 418 g/mol. The maximum atomic E-state index is 12.3.